The van der Waals surface area contributed by atoms with E-state index in [0.717, 1.165) is 17.1 Å². The van der Waals surface area contributed by atoms with E-state index in [9.17, 15) is 21.6 Å². The van der Waals surface area contributed by atoms with Gasteiger partial charge in [-0.05, 0) is 32.6 Å². The predicted octanol–water partition coefficient (Wildman–Crippen LogP) is 2.73. The molecule has 0 saturated carbocycles. The molecule has 1 aliphatic heterocycles. The number of alkyl halides is 3. The summed E-state index contributed by atoms with van der Waals surface area (Å²) in [6, 6.07) is 0. The number of aromatic nitrogens is 1. The quantitative estimate of drug-likeness (QED) is 0.300. The lowest BCUT2D eigenvalue weighted by molar-refractivity contribution is -0.0496. The lowest BCUT2D eigenvalue weighted by Gasteiger charge is -2.30. The van der Waals surface area contributed by atoms with Crippen LogP contribution in [0.5, 0.6) is 0 Å². The van der Waals surface area contributed by atoms with Gasteiger partial charge in [-0.2, -0.15) is 17.5 Å². The topological polar surface area (TPSA) is 86.7 Å². The second-order valence-electron chi connectivity index (χ2n) is 6.55. The maximum absolute atomic E-state index is 12.6. The normalized spacial score (nSPS) is 17.1. The average molecular weight is 569 g/mol. The van der Waals surface area contributed by atoms with Crippen molar-refractivity contribution in [2.24, 2.45) is 10.9 Å². The lowest BCUT2D eigenvalue weighted by atomic mass is 9.98. The molecular formula is C16H27F3IN5O2S2. The van der Waals surface area contributed by atoms with Gasteiger partial charge < -0.3 is 10.6 Å². The molecule has 0 aliphatic carbocycles. The summed E-state index contributed by atoms with van der Waals surface area (Å²) < 4.78 is 61.3. The second-order valence-corrected chi connectivity index (χ2v) is 9.54. The fourth-order valence-corrected chi connectivity index (χ4v) is 4.50. The first kappa shape index (κ1) is 26.4. The van der Waals surface area contributed by atoms with Crippen molar-refractivity contribution in [2.45, 2.75) is 38.6 Å². The van der Waals surface area contributed by atoms with Crippen LogP contribution < -0.4 is 10.6 Å². The summed E-state index contributed by atoms with van der Waals surface area (Å²) in [5.41, 5.74) is -4.22. The molecule has 0 amide bonds. The molecule has 7 nitrogen and oxygen atoms in total. The number of nitrogens with zero attached hydrogens (tertiary/aromatic N) is 3. The Hall–Kier alpha value is -0.670. The van der Waals surface area contributed by atoms with Gasteiger partial charge in [0.2, 0.25) is 0 Å². The number of guanidine groups is 1. The average Bonchev–Trinajstić information content (AvgIpc) is 3.04. The summed E-state index contributed by atoms with van der Waals surface area (Å²) in [6.45, 7) is 5.43. The molecule has 1 fully saturated rings. The van der Waals surface area contributed by atoms with Crippen molar-refractivity contribution in [1.29, 1.82) is 0 Å². The van der Waals surface area contributed by atoms with Crippen LogP contribution in [0.1, 0.15) is 30.5 Å². The van der Waals surface area contributed by atoms with Crippen molar-refractivity contribution >= 4 is 51.3 Å². The number of hydrogen-bond acceptors (Lipinski definition) is 5. The fraction of sp³-hybridized carbons (Fsp3) is 0.750. The van der Waals surface area contributed by atoms with Crippen molar-refractivity contribution in [3.63, 3.8) is 0 Å². The van der Waals surface area contributed by atoms with Crippen LogP contribution in [0, 0.1) is 12.8 Å². The zero-order valence-corrected chi connectivity index (χ0v) is 20.3. The van der Waals surface area contributed by atoms with Crippen LogP contribution in [0.15, 0.2) is 10.4 Å². The largest absolute Gasteiger partial charge is 0.511 e. The van der Waals surface area contributed by atoms with Gasteiger partial charge in [-0.3, -0.25) is 4.99 Å². The van der Waals surface area contributed by atoms with Gasteiger partial charge in [-0.1, -0.05) is 0 Å². The van der Waals surface area contributed by atoms with E-state index in [0.29, 0.717) is 42.7 Å². The Bertz CT molecular complexity index is 763. The SMILES string of the molecule is CCNC(=NCC1CCN(S(=O)(=O)C(F)(F)F)CC1)NCCc1csc(C)n1.I. The molecule has 0 bridgehead atoms. The molecule has 29 heavy (non-hydrogen) atoms. The van der Waals surface area contributed by atoms with E-state index >= 15 is 0 Å². The third-order valence-corrected chi connectivity index (χ3v) is 6.85. The first-order chi connectivity index (χ1) is 13.1. The molecule has 2 heterocycles. The van der Waals surface area contributed by atoms with E-state index in [2.05, 4.69) is 20.6 Å². The van der Waals surface area contributed by atoms with Crippen LogP contribution >= 0.6 is 35.3 Å². The van der Waals surface area contributed by atoms with E-state index in [1.165, 1.54) is 0 Å². The van der Waals surface area contributed by atoms with Gasteiger partial charge in [-0.25, -0.2) is 13.4 Å². The van der Waals surface area contributed by atoms with Gasteiger partial charge in [0.15, 0.2) is 5.96 Å². The third-order valence-electron chi connectivity index (χ3n) is 4.40. The fourth-order valence-electron chi connectivity index (χ4n) is 2.87. The molecule has 1 saturated heterocycles. The molecule has 0 spiro atoms. The number of piperidine rings is 1. The van der Waals surface area contributed by atoms with Crippen LogP contribution in [0.25, 0.3) is 0 Å². The summed E-state index contributed by atoms with van der Waals surface area (Å²) >= 11 is 1.60. The molecule has 0 unspecified atom stereocenters. The highest BCUT2D eigenvalue weighted by Crippen LogP contribution is 2.30. The molecule has 0 aromatic carbocycles. The van der Waals surface area contributed by atoms with Gasteiger partial charge in [-0.15, -0.1) is 35.3 Å². The van der Waals surface area contributed by atoms with E-state index < -0.39 is 15.5 Å². The molecule has 0 atom stereocenters. The van der Waals surface area contributed by atoms with Crippen LogP contribution in [-0.4, -0.2) is 61.9 Å². The molecule has 2 rings (SSSR count). The summed E-state index contributed by atoms with van der Waals surface area (Å²) in [4.78, 5) is 8.90. The van der Waals surface area contributed by atoms with Crippen LogP contribution in [0.3, 0.4) is 0 Å². The highest BCUT2D eigenvalue weighted by molar-refractivity contribution is 14.0. The van der Waals surface area contributed by atoms with Crippen molar-refractivity contribution in [3.8, 4) is 0 Å². The minimum atomic E-state index is -5.24. The Morgan fingerprint density at radius 3 is 2.52 bits per heavy atom. The first-order valence-electron chi connectivity index (χ1n) is 9.13. The Morgan fingerprint density at radius 1 is 1.34 bits per heavy atom. The zero-order chi connectivity index (χ0) is 20.8. The Morgan fingerprint density at radius 2 is 2.00 bits per heavy atom. The number of nitrogens with one attached hydrogen (secondary N) is 2. The van der Waals surface area contributed by atoms with E-state index in [1.54, 1.807) is 11.3 Å². The highest BCUT2D eigenvalue weighted by Gasteiger charge is 2.50. The van der Waals surface area contributed by atoms with Gasteiger partial charge in [0, 0.05) is 44.5 Å². The highest BCUT2D eigenvalue weighted by atomic mass is 127. The second kappa shape index (κ2) is 11.6. The number of aliphatic imine (C=N–C) groups is 1. The van der Waals surface area contributed by atoms with Gasteiger partial charge in [0.1, 0.15) is 0 Å². The maximum atomic E-state index is 12.6. The minimum Gasteiger partial charge on any atom is -0.357 e. The Labute approximate surface area is 190 Å². The Balaban J connectivity index is 0.00000420. The smallest absolute Gasteiger partial charge is 0.357 e. The zero-order valence-electron chi connectivity index (χ0n) is 16.3. The van der Waals surface area contributed by atoms with E-state index in [1.807, 2.05) is 19.2 Å². The molecular weight excluding hydrogens is 542 g/mol. The number of thiazole rings is 1. The molecule has 1 aliphatic rings. The molecule has 1 aromatic heterocycles. The predicted molar refractivity (Wildman–Crippen MR) is 119 cm³/mol. The van der Waals surface area contributed by atoms with Gasteiger partial charge in [0.25, 0.3) is 0 Å². The first-order valence-corrected chi connectivity index (χ1v) is 11.4. The van der Waals surface area contributed by atoms with E-state index in [-0.39, 0.29) is 43.0 Å². The number of hydrogen-bond donors (Lipinski definition) is 2. The summed E-state index contributed by atoms with van der Waals surface area (Å²) in [5.74, 6) is 0.691. The monoisotopic (exact) mass is 569 g/mol. The van der Waals surface area contributed by atoms with Crippen molar-refractivity contribution in [2.75, 3.05) is 32.7 Å². The van der Waals surface area contributed by atoms with Crippen molar-refractivity contribution in [3.05, 3.63) is 16.1 Å². The van der Waals surface area contributed by atoms with E-state index in [4.69, 9.17) is 0 Å². The summed E-state index contributed by atoms with van der Waals surface area (Å²) in [6.07, 6.45) is 1.48. The molecule has 168 valence electrons. The minimum absolute atomic E-state index is 0. The number of aryl methyl sites for hydroxylation is 1. The lowest BCUT2D eigenvalue weighted by Crippen LogP contribution is -2.45. The van der Waals surface area contributed by atoms with Gasteiger partial charge in [0.05, 0.1) is 10.7 Å². The number of rotatable bonds is 7. The van der Waals surface area contributed by atoms with Gasteiger partial charge >= 0.3 is 15.5 Å². The van der Waals surface area contributed by atoms with Crippen LogP contribution in [-0.2, 0) is 16.4 Å². The molecule has 1 aromatic rings. The van der Waals surface area contributed by atoms with Crippen molar-refractivity contribution < 1.29 is 21.6 Å². The summed E-state index contributed by atoms with van der Waals surface area (Å²) in [7, 11) is -5.23. The maximum Gasteiger partial charge on any atom is 0.511 e. The Kier molecular flexibility index (Phi) is 10.6. The molecule has 2 N–H and O–H groups in total. The van der Waals surface area contributed by atoms with Crippen LogP contribution in [0.4, 0.5) is 13.2 Å². The molecule has 13 heteroatoms. The standard InChI is InChI=1S/C16H26F3N5O2S2.HI/c1-3-20-15(21-7-4-14-11-27-12(2)23-14)22-10-13-5-8-24(9-6-13)28(25,26)16(17,18)19;/h11,13H,3-10H2,1-2H3,(H2,20,21,22);1H. The summed E-state index contributed by atoms with van der Waals surface area (Å²) in [5, 5.41) is 9.39. The number of halogens is 4. The number of sulfonamides is 1. The van der Waals surface area contributed by atoms with Crippen LogP contribution in [0.2, 0.25) is 0 Å². The van der Waals surface area contributed by atoms with Crippen molar-refractivity contribution in [1.82, 2.24) is 19.9 Å². The molecule has 0 radical (unpaired) electrons. The third kappa shape index (κ3) is 7.83.